The zero-order valence-electron chi connectivity index (χ0n) is 6.60. The van der Waals surface area contributed by atoms with Gasteiger partial charge in [-0.2, -0.15) is 0 Å². The number of carbonyl (C=O) groups excluding carboxylic acids is 1. The topological polar surface area (TPSA) is 70.1 Å². The molecule has 0 fully saturated rings. The fourth-order valence-electron chi connectivity index (χ4n) is 0.747. The Morgan fingerprint density at radius 1 is 1.67 bits per heavy atom. The third kappa shape index (κ3) is 2.32. The summed E-state index contributed by atoms with van der Waals surface area (Å²) in [5, 5.41) is 3.71. The molecule has 1 radical (unpaired) electrons. The number of hydrogen-bond donors (Lipinski definition) is 1. The maximum Gasteiger partial charge on any atom is 0.274 e. The molecule has 12 heavy (non-hydrogen) atoms. The summed E-state index contributed by atoms with van der Waals surface area (Å²) in [6, 6.07) is 3.38. The van der Waals surface area contributed by atoms with E-state index in [4.69, 9.17) is 5.73 Å². The molecule has 1 heterocycles. The van der Waals surface area contributed by atoms with Gasteiger partial charge in [-0.15, -0.1) is 0 Å². The minimum Gasteiger partial charge on any atom is -0.329 e. The summed E-state index contributed by atoms with van der Waals surface area (Å²) in [6.45, 7) is 0.764. The van der Waals surface area contributed by atoms with Crippen LogP contribution in [0.15, 0.2) is 24.5 Å². The van der Waals surface area contributed by atoms with Gasteiger partial charge in [0.15, 0.2) is 0 Å². The first kappa shape index (κ1) is 8.67. The number of rotatable bonds is 3. The van der Waals surface area contributed by atoms with Gasteiger partial charge in [-0.1, -0.05) is 0 Å². The molecule has 0 atom stereocenters. The lowest BCUT2D eigenvalue weighted by atomic mass is 10.3. The van der Waals surface area contributed by atoms with Crippen LogP contribution in [0, 0.1) is 0 Å². The van der Waals surface area contributed by atoms with E-state index in [1.807, 2.05) is 0 Å². The second-order valence-corrected chi connectivity index (χ2v) is 2.22. The van der Waals surface area contributed by atoms with Crippen LogP contribution in [0.1, 0.15) is 10.4 Å². The van der Waals surface area contributed by atoms with Crippen LogP contribution in [-0.2, 0) is 0 Å². The molecule has 0 saturated carbocycles. The van der Waals surface area contributed by atoms with Crippen molar-refractivity contribution < 1.29 is 4.79 Å². The summed E-state index contributed by atoms with van der Waals surface area (Å²) >= 11 is 0. The molecule has 4 nitrogen and oxygen atoms in total. The minimum absolute atomic E-state index is 0.256. The molecular weight excluding hydrogens is 154 g/mol. The molecule has 4 heteroatoms. The average molecular weight is 164 g/mol. The van der Waals surface area contributed by atoms with Gasteiger partial charge in [-0.25, -0.2) is 5.32 Å². The average Bonchev–Trinajstić information content (AvgIpc) is 2.15. The normalized spacial score (nSPS) is 9.42. The van der Waals surface area contributed by atoms with Crippen LogP contribution < -0.4 is 11.1 Å². The first-order chi connectivity index (χ1) is 5.84. The lowest BCUT2D eigenvalue weighted by molar-refractivity contribution is 0.0950. The van der Waals surface area contributed by atoms with Crippen molar-refractivity contribution in [3.63, 3.8) is 0 Å². The molecule has 0 aliphatic carbocycles. The summed E-state index contributed by atoms with van der Waals surface area (Å²) in [7, 11) is 0. The summed E-state index contributed by atoms with van der Waals surface area (Å²) in [6.07, 6.45) is 3.10. The van der Waals surface area contributed by atoms with Crippen molar-refractivity contribution in [1.82, 2.24) is 10.3 Å². The Morgan fingerprint density at radius 2 is 2.50 bits per heavy atom. The summed E-state index contributed by atoms with van der Waals surface area (Å²) in [5.41, 5.74) is 5.70. The second-order valence-electron chi connectivity index (χ2n) is 2.22. The minimum atomic E-state index is -0.256. The molecule has 1 amide bonds. The molecule has 1 rings (SSSR count). The number of nitrogens with zero attached hydrogens (tertiary/aromatic N) is 2. The monoisotopic (exact) mass is 164 g/mol. The van der Waals surface area contributed by atoms with Crippen LogP contribution in [-0.4, -0.2) is 24.0 Å². The van der Waals surface area contributed by atoms with Gasteiger partial charge in [0.25, 0.3) is 5.91 Å². The molecule has 2 N–H and O–H groups in total. The Labute approximate surface area is 70.8 Å². The molecule has 1 aromatic rings. The number of carbonyl (C=O) groups is 1. The van der Waals surface area contributed by atoms with Crippen LogP contribution in [0.4, 0.5) is 0 Å². The highest BCUT2D eigenvalue weighted by molar-refractivity contribution is 5.93. The van der Waals surface area contributed by atoms with E-state index in [1.54, 1.807) is 18.3 Å². The lowest BCUT2D eigenvalue weighted by Gasteiger charge is -1.98. The summed E-state index contributed by atoms with van der Waals surface area (Å²) in [5.74, 6) is -0.256. The summed E-state index contributed by atoms with van der Waals surface area (Å²) in [4.78, 5) is 14.9. The third-order valence-electron chi connectivity index (χ3n) is 1.29. The number of hydrogen-bond acceptors (Lipinski definition) is 3. The van der Waals surface area contributed by atoms with Crippen LogP contribution >= 0.6 is 0 Å². The molecule has 0 spiro atoms. The van der Waals surface area contributed by atoms with Gasteiger partial charge in [-0.05, 0) is 12.1 Å². The highest BCUT2D eigenvalue weighted by atomic mass is 16.1. The first-order valence-electron chi connectivity index (χ1n) is 3.66. The molecule has 63 valence electrons. The van der Waals surface area contributed by atoms with Crippen LogP contribution in [0.3, 0.4) is 0 Å². The molecule has 0 saturated heterocycles. The van der Waals surface area contributed by atoms with Crippen molar-refractivity contribution >= 4 is 5.91 Å². The zero-order valence-corrected chi connectivity index (χ0v) is 6.60. The fourth-order valence-corrected chi connectivity index (χ4v) is 0.747. The highest BCUT2D eigenvalue weighted by Crippen LogP contribution is 1.94. The Hall–Kier alpha value is -1.42. The van der Waals surface area contributed by atoms with Gasteiger partial charge < -0.3 is 5.73 Å². The second kappa shape index (κ2) is 4.46. The Kier molecular flexibility index (Phi) is 3.22. The Morgan fingerprint density at radius 3 is 3.08 bits per heavy atom. The maximum absolute atomic E-state index is 11.1. The van der Waals surface area contributed by atoms with E-state index in [2.05, 4.69) is 10.3 Å². The van der Waals surface area contributed by atoms with E-state index in [-0.39, 0.29) is 5.91 Å². The molecule has 0 aliphatic heterocycles. The van der Waals surface area contributed by atoms with Crippen LogP contribution in [0.2, 0.25) is 0 Å². The number of aromatic nitrogens is 1. The van der Waals surface area contributed by atoms with E-state index >= 15 is 0 Å². The van der Waals surface area contributed by atoms with Crippen molar-refractivity contribution in [2.45, 2.75) is 0 Å². The van der Waals surface area contributed by atoms with Gasteiger partial charge >= 0.3 is 0 Å². The van der Waals surface area contributed by atoms with Gasteiger partial charge in [-0.3, -0.25) is 9.78 Å². The number of nitrogens with two attached hydrogens (primary N) is 1. The maximum atomic E-state index is 11.1. The van der Waals surface area contributed by atoms with Gasteiger partial charge in [0, 0.05) is 18.9 Å². The molecular formula is C8H10N3O. The van der Waals surface area contributed by atoms with Crippen LogP contribution in [0.25, 0.3) is 0 Å². The summed E-state index contributed by atoms with van der Waals surface area (Å²) < 4.78 is 0. The van der Waals surface area contributed by atoms with E-state index in [9.17, 15) is 4.79 Å². The third-order valence-corrected chi connectivity index (χ3v) is 1.29. The van der Waals surface area contributed by atoms with Gasteiger partial charge in [0.05, 0.1) is 12.1 Å². The number of amides is 1. The lowest BCUT2D eigenvalue weighted by Crippen LogP contribution is -2.22. The van der Waals surface area contributed by atoms with Crippen molar-refractivity contribution in [3.8, 4) is 0 Å². The van der Waals surface area contributed by atoms with Crippen molar-refractivity contribution in [1.29, 1.82) is 0 Å². The zero-order chi connectivity index (χ0) is 8.81. The highest BCUT2D eigenvalue weighted by Gasteiger charge is 2.03. The van der Waals surface area contributed by atoms with Gasteiger partial charge in [0.2, 0.25) is 0 Å². The molecule has 0 aromatic carbocycles. The standard InChI is InChI=1S/C8H10N3O/c9-3-5-11-8(12)7-2-1-4-10-6-7/h1-2,4,6H,3,5,9H2. The van der Waals surface area contributed by atoms with E-state index in [1.165, 1.54) is 6.20 Å². The largest absolute Gasteiger partial charge is 0.329 e. The van der Waals surface area contributed by atoms with Crippen molar-refractivity contribution in [2.24, 2.45) is 5.73 Å². The van der Waals surface area contributed by atoms with Gasteiger partial charge in [0.1, 0.15) is 0 Å². The Balaban J connectivity index is 2.54. The smallest absolute Gasteiger partial charge is 0.274 e. The SMILES string of the molecule is NCC[N]C(=O)c1cccnc1. The predicted octanol–water partition coefficient (Wildman–Crippen LogP) is -0.215. The van der Waals surface area contributed by atoms with E-state index in [0.717, 1.165) is 0 Å². The fraction of sp³-hybridized carbons (Fsp3) is 0.250. The predicted molar refractivity (Wildman–Crippen MR) is 44.6 cm³/mol. The quantitative estimate of drug-likeness (QED) is 0.671. The molecule has 0 aliphatic rings. The van der Waals surface area contributed by atoms with E-state index in [0.29, 0.717) is 18.7 Å². The van der Waals surface area contributed by atoms with Crippen molar-refractivity contribution in [3.05, 3.63) is 30.1 Å². The first-order valence-corrected chi connectivity index (χ1v) is 3.66. The molecule has 1 aromatic heterocycles. The van der Waals surface area contributed by atoms with Crippen molar-refractivity contribution in [2.75, 3.05) is 13.1 Å². The molecule has 0 unspecified atom stereocenters. The number of pyridine rings is 1. The molecule has 0 bridgehead atoms. The van der Waals surface area contributed by atoms with Crippen LogP contribution in [0.5, 0.6) is 0 Å². The Bertz CT molecular complexity index is 248. The van der Waals surface area contributed by atoms with E-state index < -0.39 is 0 Å².